The van der Waals surface area contributed by atoms with Crippen LogP contribution in [0.15, 0.2) is 0 Å². The van der Waals surface area contributed by atoms with E-state index in [9.17, 15) is 0 Å². The van der Waals surface area contributed by atoms with Crippen LogP contribution in [-0.2, 0) is 0 Å². The van der Waals surface area contributed by atoms with Gasteiger partial charge in [0.2, 0.25) is 0 Å². The third kappa shape index (κ3) is 1.22. The monoisotopic (exact) mass is 112 g/mol. The largest absolute Gasteiger partial charge is 0.328 e. The van der Waals surface area contributed by atoms with Crippen LogP contribution in [0.2, 0.25) is 0 Å². The van der Waals surface area contributed by atoms with E-state index in [0.29, 0.717) is 6.04 Å². The number of hydrogen-bond donors (Lipinski definition) is 1. The summed E-state index contributed by atoms with van der Waals surface area (Å²) >= 11 is 0. The van der Waals surface area contributed by atoms with Crippen LogP contribution in [-0.4, -0.2) is 6.04 Å². The minimum atomic E-state index is 0.488. The molecule has 0 aromatic heterocycles. The van der Waals surface area contributed by atoms with E-state index in [0.717, 1.165) is 12.3 Å². The first kappa shape index (κ1) is 6.09. The van der Waals surface area contributed by atoms with Crippen molar-refractivity contribution in [3.63, 3.8) is 0 Å². The van der Waals surface area contributed by atoms with Crippen molar-refractivity contribution in [3.05, 3.63) is 6.92 Å². The molecule has 1 heteroatoms. The minimum absolute atomic E-state index is 0.488. The van der Waals surface area contributed by atoms with Crippen LogP contribution in [0.5, 0.6) is 0 Å². The normalized spacial score (nSPS) is 38.2. The molecule has 0 amide bonds. The van der Waals surface area contributed by atoms with Crippen molar-refractivity contribution in [2.75, 3.05) is 0 Å². The third-order valence-electron chi connectivity index (χ3n) is 1.99. The zero-order valence-electron chi connectivity index (χ0n) is 5.27. The van der Waals surface area contributed by atoms with Crippen LogP contribution in [0, 0.1) is 12.8 Å². The maximum absolute atomic E-state index is 5.67. The molecular weight excluding hydrogens is 98.1 g/mol. The summed E-state index contributed by atoms with van der Waals surface area (Å²) in [7, 11) is 0. The van der Waals surface area contributed by atoms with Crippen LogP contribution in [0.25, 0.3) is 0 Å². The highest BCUT2D eigenvalue weighted by atomic mass is 14.6. The van der Waals surface area contributed by atoms with E-state index < -0.39 is 0 Å². The van der Waals surface area contributed by atoms with Crippen molar-refractivity contribution >= 4 is 0 Å². The van der Waals surface area contributed by atoms with Gasteiger partial charge < -0.3 is 5.73 Å². The second kappa shape index (κ2) is 2.49. The molecular formula is C7H14N. The smallest absolute Gasteiger partial charge is 0.00415 e. The molecule has 1 nitrogen and oxygen atoms in total. The van der Waals surface area contributed by atoms with Gasteiger partial charge in [-0.1, -0.05) is 13.3 Å². The Morgan fingerprint density at radius 2 is 2.25 bits per heavy atom. The quantitative estimate of drug-likeness (QED) is 0.544. The summed E-state index contributed by atoms with van der Waals surface area (Å²) < 4.78 is 0. The highest BCUT2D eigenvalue weighted by molar-refractivity contribution is 4.77. The summed E-state index contributed by atoms with van der Waals surface area (Å²) in [6, 6.07) is 0.488. The molecule has 1 radical (unpaired) electrons. The van der Waals surface area contributed by atoms with Gasteiger partial charge in [0, 0.05) is 6.04 Å². The Morgan fingerprint density at radius 1 is 1.50 bits per heavy atom. The van der Waals surface area contributed by atoms with Crippen molar-refractivity contribution < 1.29 is 0 Å². The number of rotatable bonds is 1. The van der Waals surface area contributed by atoms with E-state index >= 15 is 0 Å². The Labute approximate surface area is 51.3 Å². The molecule has 1 fully saturated rings. The number of hydrogen-bond acceptors (Lipinski definition) is 1. The average Bonchev–Trinajstić information content (AvgIpc) is 2.14. The first-order chi connectivity index (χ1) is 3.83. The fourth-order valence-corrected chi connectivity index (χ4v) is 1.38. The molecule has 2 unspecified atom stereocenters. The van der Waals surface area contributed by atoms with Gasteiger partial charge in [-0.15, -0.1) is 0 Å². The minimum Gasteiger partial charge on any atom is -0.328 e. The van der Waals surface area contributed by atoms with Gasteiger partial charge in [0.15, 0.2) is 0 Å². The Hall–Kier alpha value is -0.0400. The summed E-state index contributed by atoms with van der Waals surface area (Å²) in [4.78, 5) is 0. The van der Waals surface area contributed by atoms with Crippen molar-refractivity contribution in [1.29, 1.82) is 0 Å². The average molecular weight is 112 g/mol. The summed E-state index contributed by atoms with van der Waals surface area (Å²) in [5, 5.41) is 0. The van der Waals surface area contributed by atoms with Crippen LogP contribution in [0.3, 0.4) is 0 Å². The first-order valence-corrected chi connectivity index (χ1v) is 3.37. The summed E-state index contributed by atoms with van der Waals surface area (Å²) in [5.41, 5.74) is 5.67. The second-order valence-corrected chi connectivity index (χ2v) is 2.73. The lowest BCUT2D eigenvalue weighted by atomic mass is 10.1. The molecule has 0 bridgehead atoms. The molecule has 1 aliphatic rings. The molecule has 2 N–H and O–H groups in total. The van der Waals surface area contributed by atoms with Crippen molar-refractivity contribution in [1.82, 2.24) is 0 Å². The molecule has 0 spiro atoms. The lowest BCUT2D eigenvalue weighted by molar-refractivity contribution is 0.544. The maximum Gasteiger partial charge on any atom is 0.00415 e. The van der Waals surface area contributed by atoms with E-state index in [4.69, 9.17) is 5.73 Å². The Morgan fingerprint density at radius 3 is 2.50 bits per heavy atom. The van der Waals surface area contributed by atoms with Crippen LogP contribution in [0.4, 0.5) is 0 Å². The van der Waals surface area contributed by atoms with Gasteiger partial charge in [-0.2, -0.15) is 0 Å². The van der Waals surface area contributed by atoms with E-state index in [1.54, 1.807) is 0 Å². The Kier molecular flexibility index (Phi) is 1.90. The van der Waals surface area contributed by atoms with E-state index in [-0.39, 0.29) is 0 Å². The highest BCUT2D eigenvalue weighted by Gasteiger charge is 2.19. The Bertz CT molecular complexity index is 70.8. The predicted molar refractivity (Wildman–Crippen MR) is 35.3 cm³/mol. The van der Waals surface area contributed by atoms with Gasteiger partial charge in [0.1, 0.15) is 0 Å². The molecule has 1 rings (SSSR count). The van der Waals surface area contributed by atoms with Gasteiger partial charge in [-0.25, -0.2) is 0 Å². The van der Waals surface area contributed by atoms with Gasteiger partial charge in [0.25, 0.3) is 0 Å². The van der Waals surface area contributed by atoms with E-state index in [2.05, 4.69) is 6.92 Å². The molecule has 8 heavy (non-hydrogen) atoms. The molecule has 2 atom stereocenters. The fourth-order valence-electron chi connectivity index (χ4n) is 1.38. The standard InChI is InChI=1S/C7H14N/c1-2-6-3-4-7(8)5-6/h6-7H,1-5,8H2. The Balaban J connectivity index is 2.22. The first-order valence-electron chi connectivity index (χ1n) is 3.37. The fraction of sp³-hybridized carbons (Fsp3) is 0.857. The molecule has 0 heterocycles. The second-order valence-electron chi connectivity index (χ2n) is 2.73. The van der Waals surface area contributed by atoms with E-state index in [1.807, 2.05) is 0 Å². The van der Waals surface area contributed by atoms with Crippen LogP contribution >= 0.6 is 0 Å². The van der Waals surface area contributed by atoms with Gasteiger partial charge in [-0.3, -0.25) is 0 Å². The molecule has 0 aromatic carbocycles. The molecule has 0 aromatic rings. The predicted octanol–water partition coefficient (Wildman–Crippen LogP) is 1.34. The molecule has 1 saturated carbocycles. The zero-order chi connectivity index (χ0) is 5.98. The van der Waals surface area contributed by atoms with Crippen molar-refractivity contribution in [2.45, 2.75) is 31.7 Å². The SMILES string of the molecule is [CH2]CC1CCC(N)C1. The van der Waals surface area contributed by atoms with Crippen molar-refractivity contribution in [3.8, 4) is 0 Å². The van der Waals surface area contributed by atoms with Gasteiger partial charge >= 0.3 is 0 Å². The summed E-state index contributed by atoms with van der Waals surface area (Å²) in [5.74, 6) is 0.838. The third-order valence-corrected chi connectivity index (χ3v) is 1.99. The van der Waals surface area contributed by atoms with Gasteiger partial charge in [-0.05, 0) is 25.2 Å². The van der Waals surface area contributed by atoms with E-state index in [1.165, 1.54) is 19.3 Å². The lowest BCUT2D eigenvalue weighted by Crippen LogP contribution is -2.14. The topological polar surface area (TPSA) is 26.0 Å². The maximum atomic E-state index is 5.67. The van der Waals surface area contributed by atoms with Crippen molar-refractivity contribution in [2.24, 2.45) is 11.7 Å². The lowest BCUT2D eigenvalue weighted by Gasteiger charge is -2.02. The summed E-state index contributed by atoms with van der Waals surface area (Å²) in [6.45, 7) is 3.85. The summed E-state index contributed by atoms with van der Waals surface area (Å²) in [6.07, 6.45) is 4.82. The number of nitrogens with two attached hydrogens (primary N) is 1. The molecule has 1 aliphatic carbocycles. The molecule has 0 aliphatic heterocycles. The molecule has 47 valence electrons. The highest BCUT2D eigenvalue weighted by Crippen LogP contribution is 2.25. The van der Waals surface area contributed by atoms with Crippen LogP contribution in [0.1, 0.15) is 25.7 Å². The molecule has 0 saturated heterocycles. The zero-order valence-corrected chi connectivity index (χ0v) is 5.27. The van der Waals surface area contributed by atoms with Crippen LogP contribution < -0.4 is 5.73 Å². The van der Waals surface area contributed by atoms with Gasteiger partial charge in [0.05, 0.1) is 0 Å².